The molecule has 2 aromatic carbocycles. The van der Waals surface area contributed by atoms with Crippen molar-refractivity contribution in [2.75, 3.05) is 11.9 Å². The van der Waals surface area contributed by atoms with Gasteiger partial charge in [-0.05, 0) is 48.4 Å². The molecule has 0 saturated carbocycles. The first-order valence-corrected chi connectivity index (χ1v) is 7.77. The molecule has 0 aromatic heterocycles. The van der Waals surface area contributed by atoms with E-state index in [1.165, 1.54) is 0 Å². The van der Waals surface area contributed by atoms with E-state index >= 15 is 0 Å². The van der Waals surface area contributed by atoms with Crippen LogP contribution in [0.15, 0.2) is 46.9 Å². The predicted molar refractivity (Wildman–Crippen MR) is 88.7 cm³/mol. The van der Waals surface area contributed by atoms with E-state index in [0.717, 1.165) is 34.4 Å². The van der Waals surface area contributed by atoms with Crippen LogP contribution < -0.4 is 10.1 Å². The Labute approximate surface area is 133 Å². The van der Waals surface area contributed by atoms with Gasteiger partial charge in [-0.3, -0.25) is 0 Å². The second-order valence-corrected chi connectivity index (χ2v) is 5.80. The van der Waals surface area contributed by atoms with Crippen LogP contribution in [0.1, 0.15) is 18.9 Å². The predicted octanol–water partition coefficient (Wildman–Crippen LogP) is 5.50. The molecule has 0 heterocycles. The Balaban J connectivity index is 1.96. The Morgan fingerprint density at radius 1 is 1.15 bits per heavy atom. The summed E-state index contributed by atoms with van der Waals surface area (Å²) in [5.41, 5.74) is 2.21. The first-order chi connectivity index (χ1) is 9.69. The van der Waals surface area contributed by atoms with Crippen LogP contribution in [0.4, 0.5) is 5.69 Å². The Hall–Kier alpha value is -1.19. The highest BCUT2D eigenvalue weighted by atomic mass is 79.9. The van der Waals surface area contributed by atoms with Crippen LogP contribution in [0.25, 0.3) is 0 Å². The number of benzene rings is 2. The van der Waals surface area contributed by atoms with E-state index in [-0.39, 0.29) is 0 Å². The Morgan fingerprint density at radius 3 is 2.55 bits per heavy atom. The molecule has 0 amide bonds. The number of anilines is 1. The third kappa shape index (κ3) is 4.43. The van der Waals surface area contributed by atoms with Crippen molar-refractivity contribution in [3.05, 3.63) is 57.5 Å². The molecule has 2 rings (SSSR count). The van der Waals surface area contributed by atoms with Crippen LogP contribution in [0, 0.1) is 0 Å². The van der Waals surface area contributed by atoms with Gasteiger partial charge in [0.25, 0.3) is 0 Å². The van der Waals surface area contributed by atoms with Crippen molar-refractivity contribution in [1.82, 2.24) is 0 Å². The van der Waals surface area contributed by atoms with Crippen molar-refractivity contribution in [3.63, 3.8) is 0 Å². The van der Waals surface area contributed by atoms with Gasteiger partial charge in [-0.15, -0.1) is 0 Å². The molecule has 0 atom stereocenters. The van der Waals surface area contributed by atoms with Gasteiger partial charge in [-0.25, -0.2) is 0 Å². The maximum Gasteiger partial charge on any atom is 0.137 e. The van der Waals surface area contributed by atoms with Gasteiger partial charge in [0, 0.05) is 16.7 Å². The van der Waals surface area contributed by atoms with Crippen molar-refractivity contribution in [3.8, 4) is 5.75 Å². The molecule has 0 fully saturated rings. The number of rotatable bonds is 6. The Bertz CT molecular complexity index is 557. The SMILES string of the molecule is CCCOc1ccc(CNc2ccc(Br)cc2)cc1Cl. The minimum atomic E-state index is 0.661. The van der Waals surface area contributed by atoms with Gasteiger partial charge in [0.15, 0.2) is 0 Å². The zero-order valence-corrected chi connectivity index (χ0v) is 13.7. The second kappa shape index (κ2) is 7.55. The molecule has 4 heteroatoms. The van der Waals surface area contributed by atoms with Gasteiger partial charge < -0.3 is 10.1 Å². The monoisotopic (exact) mass is 353 g/mol. The molecule has 0 bridgehead atoms. The molecule has 0 radical (unpaired) electrons. The fraction of sp³-hybridized carbons (Fsp3) is 0.250. The smallest absolute Gasteiger partial charge is 0.137 e. The standard InChI is InChI=1S/C16H17BrClNO/c1-2-9-20-16-8-3-12(10-15(16)18)11-19-14-6-4-13(17)5-7-14/h3-8,10,19H,2,9,11H2,1H3. The van der Waals surface area contributed by atoms with E-state index in [4.69, 9.17) is 16.3 Å². The van der Waals surface area contributed by atoms with Crippen molar-refractivity contribution in [1.29, 1.82) is 0 Å². The summed E-state index contributed by atoms with van der Waals surface area (Å²) in [5.74, 6) is 0.751. The topological polar surface area (TPSA) is 21.3 Å². The average Bonchev–Trinajstić information content (AvgIpc) is 2.46. The van der Waals surface area contributed by atoms with Gasteiger partial charge in [0.2, 0.25) is 0 Å². The van der Waals surface area contributed by atoms with Crippen LogP contribution in [-0.2, 0) is 6.54 Å². The summed E-state index contributed by atoms with van der Waals surface area (Å²) in [5, 5.41) is 4.02. The van der Waals surface area contributed by atoms with Crippen LogP contribution in [-0.4, -0.2) is 6.61 Å². The summed E-state index contributed by atoms with van der Waals surface area (Å²) in [6.45, 7) is 3.50. The highest BCUT2D eigenvalue weighted by Crippen LogP contribution is 2.26. The number of ether oxygens (including phenoxy) is 1. The molecular formula is C16H17BrClNO. The summed E-state index contributed by atoms with van der Waals surface area (Å²) in [6.07, 6.45) is 0.975. The lowest BCUT2D eigenvalue weighted by Gasteiger charge is -2.10. The molecule has 0 aliphatic rings. The van der Waals surface area contributed by atoms with Crippen molar-refractivity contribution in [2.45, 2.75) is 19.9 Å². The maximum atomic E-state index is 6.21. The van der Waals surface area contributed by atoms with Crippen molar-refractivity contribution >= 4 is 33.2 Å². The third-order valence-electron chi connectivity index (χ3n) is 2.80. The molecule has 0 spiro atoms. The number of nitrogens with one attached hydrogen (secondary N) is 1. The Kier molecular flexibility index (Phi) is 5.74. The fourth-order valence-electron chi connectivity index (χ4n) is 1.76. The summed E-state index contributed by atoms with van der Waals surface area (Å²) in [7, 11) is 0. The molecule has 2 nitrogen and oxygen atoms in total. The lowest BCUT2D eigenvalue weighted by Crippen LogP contribution is -2.00. The van der Waals surface area contributed by atoms with E-state index in [0.29, 0.717) is 11.6 Å². The van der Waals surface area contributed by atoms with E-state index in [9.17, 15) is 0 Å². The molecule has 20 heavy (non-hydrogen) atoms. The van der Waals surface area contributed by atoms with Crippen LogP contribution in [0.5, 0.6) is 5.75 Å². The molecule has 0 saturated heterocycles. The van der Waals surface area contributed by atoms with Crippen LogP contribution in [0.3, 0.4) is 0 Å². The molecular weight excluding hydrogens is 338 g/mol. The van der Waals surface area contributed by atoms with Gasteiger partial charge in [-0.2, -0.15) is 0 Å². The first-order valence-electron chi connectivity index (χ1n) is 6.59. The summed E-state index contributed by atoms with van der Waals surface area (Å²) >= 11 is 9.63. The summed E-state index contributed by atoms with van der Waals surface area (Å²) in [4.78, 5) is 0. The lowest BCUT2D eigenvalue weighted by atomic mass is 10.2. The zero-order valence-electron chi connectivity index (χ0n) is 11.3. The molecule has 106 valence electrons. The van der Waals surface area contributed by atoms with Crippen LogP contribution in [0.2, 0.25) is 5.02 Å². The lowest BCUT2D eigenvalue weighted by molar-refractivity contribution is 0.317. The third-order valence-corrected chi connectivity index (χ3v) is 3.62. The van der Waals surface area contributed by atoms with Crippen LogP contribution >= 0.6 is 27.5 Å². The van der Waals surface area contributed by atoms with Crippen molar-refractivity contribution in [2.24, 2.45) is 0 Å². The zero-order chi connectivity index (χ0) is 14.4. The molecule has 0 aliphatic heterocycles. The van der Waals surface area contributed by atoms with Gasteiger partial charge in [0.1, 0.15) is 5.75 Å². The van der Waals surface area contributed by atoms with E-state index in [1.807, 2.05) is 42.5 Å². The minimum absolute atomic E-state index is 0.661. The average molecular weight is 355 g/mol. The molecule has 2 aromatic rings. The summed E-state index contributed by atoms with van der Waals surface area (Å²) < 4.78 is 6.63. The van der Waals surface area contributed by atoms with Gasteiger partial charge >= 0.3 is 0 Å². The van der Waals surface area contributed by atoms with E-state index in [1.54, 1.807) is 0 Å². The highest BCUT2D eigenvalue weighted by molar-refractivity contribution is 9.10. The molecule has 0 unspecified atom stereocenters. The number of hydrogen-bond donors (Lipinski definition) is 1. The van der Waals surface area contributed by atoms with Crippen molar-refractivity contribution < 1.29 is 4.74 Å². The Morgan fingerprint density at radius 2 is 1.90 bits per heavy atom. The van der Waals surface area contributed by atoms with Gasteiger partial charge in [-0.1, -0.05) is 40.5 Å². The first kappa shape index (κ1) is 15.2. The summed E-state index contributed by atoms with van der Waals surface area (Å²) in [6, 6.07) is 14.0. The quantitative estimate of drug-likeness (QED) is 0.739. The number of hydrogen-bond acceptors (Lipinski definition) is 2. The number of halogens is 2. The second-order valence-electron chi connectivity index (χ2n) is 4.47. The molecule has 1 N–H and O–H groups in total. The minimum Gasteiger partial charge on any atom is -0.492 e. The fourth-order valence-corrected chi connectivity index (χ4v) is 2.28. The molecule has 0 aliphatic carbocycles. The normalized spacial score (nSPS) is 10.3. The largest absolute Gasteiger partial charge is 0.492 e. The highest BCUT2D eigenvalue weighted by Gasteiger charge is 2.03. The maximum absolute atomic E-state index is 6.21. The van der Waals surface area contributed by atoms with E-state index in [2.05, 4.69) is 28.2 Å². The van der Waals surface area contributed by atoms with Gasteiger partial charge in [0.05, 0.1) is 11.6 Å². The van der Waals surface area contributed by atoms with E-state index < -0.39 is 0 Å².